The van der Waals surface area contributed by atoms with Crippen LogP contribution in [0.15, 0.2) is 71.5 Å². The number of fused-ring (bicyclic) bond motifs is 1. The molecule has 0 aliphatic carbocycles. The molecule has 0 saturated heterocycles. The van der Waals surface area contributed by atoms with Gasteiger partial charge in [-0.1, -0.05) is 54.6 Å². The molecule has 3 aromatic carbocycles. The van der Waals surface area contributed by atoms with E-state index in [1.807, 2.05) is 42.5 Å². The van der Waals surface area contributed by atoms with Crippen LogP contribution in [0.1, 0.15) is 11.1 Å². The van der Waals surface area contributed by atoms with Crippen molar-refractivity contribution in [2.24, 2.45) is 0 Å². The van der Waals surface area contributed by atoms with E-state index in [0.29, 0.717) is 12.0 Å². The highest BCUT2D eigenvalue weighted by Crippen LogP contribution is 2.26. The fraction of sp³-hybridized carbons (Fsp3) is 0.105. The molecule has 2 nitrogen and oxygen atoms in total. The minimum Gasteiger partial charge on any atom is -0.507 e. The molecule has 104 valence electrons. The lowest BCUT2D eigenvalue weighted by Crippen LogP contribution is -1.96. The van der Waals surface area contributed by atoms with Gasteiger partial charge in [-0.05, 0) is 41.5 Å². The molecule has 3 rings (SSSR count). The lowest BCUT2D eigenvalue weighted by atomic mass is 10.0. The smallest absolute Gasteiger partial charge is 0.179 e. The van der Waals surface area contributed by atoms with Crippen LogP contribution in [0.25, 0.3) is 10.8 Å². The first-order valence-corrected chi connectivity index (χ1v) is 7.03. The zero-order valence-electron chi connectivity index (χ0n) is 11.6. The molecule has 0 aliphatic rings. The van der Waals surface area contributed by atoms with Gasteiger partial charge in [0.25, 0.3) is 0 Å². The number of hydrogen-bond acceptors (Lipinski definition) is 2. The average molecular weight is 276 g/mol. The summed E-state index contributed by atoms with van der Waals surface area (Å²) in [5.74, 6) is 0.212. The van der Waals surface area contributed by atoms with E-state index in [2.05, 4.69) is 12.1 Å². The van der Waals surface area contributed by atoms with Crippen LogP contribution in [0.5, 0.6) is 5.75 Å². The Bertz CT molecular complexity index is 823. The Kier molecular flexibility index (Phi) is 3.69. The van der Waals surface area contributed by atoms with Crippen molar-refractivity contribution >= 4 is 10.8 Å². The van der Waals surface area contributed by atoms with Crippen molar-refractivity contribution in [3.05, 3.63) is 88.1 Å². The predicted octanol–water partition coefficient (Wildman–Crippen LogP) is 3.69. The van der Waals surface area contributed by atoms with Gasteiger partial charge in [0.15, 0.2) is 5.43 Å². The molecule has 0 amide bonds. The molecule has 3 aromatic rings. The Balaban J connectivity index is 2.03. The first-order valence-electron chi connectivity index (χ1n) is 7.03. The summed E-state index contributed by atoms with van der Waals surface area (Å²) in [5, 5.41) is 12.0. The lowest BCUT2D eigenvalue weighted by molar-refractivity contribution is 0.475. The highest BCUT2D eigenvalue weighted by molar-refractivity contribution is 5.88. The van der Waals surface area contributed by atoms with E-state index < -0.39 is 0 Å². The fourth-order valence-corrected chi connectivity index (χ4v) is 2.56. The first-order chi connectivity index (χ1) is 10.2. The molecule has 0 spiro atoms. The average Bonchev–Trinajstić information content (AvgIpc) is 2.63. The minimum absolute atomic E-state index is 0.0745. The largest absolute Gasteiger partial charge is 0.507 e. The third-order valence-corrected chi connectivity index (χ3v) is 3.66. The van der Waals surface area contributed by atoms with Crippen LogP contribution >= 0.6 is 0 Å². The summed E-state index contributed by atoms with van der Waals surface area (Å²) >= 11 is 0. The maximum Gasteiger partial charge on any atom is 0.179 e. The molecule has 0 aliphatic heterocycles. The monoisotopic (exact) mass is 276 g/mol. The molecule has 0 bridgehead atoms. The van der Waals surface area contributed by atoms with Gasteiger partial charge in [0.05, 0.1) is 0 Å². The standard InChI is InChI=1S/C19H16O2/c20-17-12-15-8-4-5-9-18(15)19(21)16(13-17)11-10-14-6-2-1-3-7-14/h1-9,12-13,21H,10-11H2. The minimum atomic E-state index is -0.0745. The van der Waals surface area contributed by atoms with E-state index in [0.717, 1.165) is 17.2 Å². The topological polar surface area (TPSA) is 37.3 Å². The lowest BCUT2D eigenvalue weighted by Gasteiger charge is -2.03. The molecular formula is C19H16O2. The van der Waals surface area contributed by atoms with Crippen molar-refractivity contribution in [3.8, 4) is 5.75 Å². The van der Waals surface area contributed by atoms with Crippen LogP contribution in [-0.2, 0) is 12.8 Å². The summed E-state index contributed by atoms with van der Waals surface area (Å²) in [6.45, 7) is 0. The summed E-state index contributed by atoms with van der Waals surface area (Å²) in [4.78, 5) is 12.0. The van der Waals surface area contributed by atoms with Gasteiger partial charge >= 0.3 is 0 Å². The third-order valence-electron chi connectivity index (χ3n) is 3.66. The SMILES string of the molecule is O=c1cc(CCc2ccccc2)c(O)c2ccccc2c1. The van der Waals surface area contributed by atoms with E-state index in [1.54, 1.807) is 6.07 Å². The van der Waals surface area contributed by atoms with E-state index >= 15 is 0 Å². The van der Waals surface area contributed by atoms with Crippen LogP contribution in [0.4, 0.5) is 0 Å². The molecule has 0 fully saturated rings. The summed E-state index contributed by atoms with van der Waals surface area (Å²) in [6.07, 6.45) is 1.44. The zero-order valence-corrected chi connectivity index (χ0v) is 11.6. The van der Waals surface area contributed by atoms with Crippen LogP contribution < -0.4 is 5.43 Å². The Hall–Kier alpha value is -2.61. The quantitative estimate of drug-likeness (QED) is 0.792. The summed E-state index contributed by atoms with van der Waals surface area (Å²) in [6, 6.07) is 20.6. The van der Waals surface area contributed by atoms with Gasteiger partial charge in [0, 0.05) is 5.39 Å². The number of rotatable bonds is 3. The second-order valence-electron chi connectivity index (χ2n) is 5.14. The van der Waals surface area contributed by atoms with Gasteiger partial charge < -0.3 is 5.11 Å². The van der Waals surface area contributed by atoms with Gasteiger partial charge in [0.2, 0.25) is 0 Å². The van der Waals surface area contributed by atoms with Crippen LogP contribution in [0, 0.1) is 0 Å². The van der Waals surface area contributed by atoms with E-state index in [-0.39, 0.29) is 11.2 Å². The predicted molar refractivity (Wildman–Crippen MR) is 85.7 cm³/mol. The maximum atomic E-state index is 12.0. The number of aromatic hydroxyl groups is 1. The Morgan fingerprint density at radius 1 is 0.810 bits per heavy atom. The summed E-state index contributed by atoms with van der Waals surface area (Å²) < 4.78 is 0. The fourth-order valence-electron chi connectivity index (χ4n) is 2.56. The second kappa shape index (κ2) is 5.80. The van der Waals surface area contributed by atoms with Crippen molar-refractivity contribution in [1.82, 2.24) is 0 Å². The van der Waals surface area contributed by atoms with Crippen molar-refractivity contribution in [2.75, 3.05) is 0 Å². The molecule has 0 heterocycles. The molecule has 0 atom stereocenters. The molecule has 0 radical (unpaired) electrons. The second-order valence-corrected chi connectivity index (χ2v) is 5.14. The number of aryl methyl sites for hydroxylation is 2. The van der Waals surface area contributed by atoms with Gasteiger partial charge in [0.1, 0.15) is 5.75 Å². The van der Waals surface area contributed by atoms with Gasteiger partial charge in [-0.3, -0.25) is 4.79 Å². The van der Waals surface area contributed by atoms with E-state index in [4.69, 9.17) is 0 Å². The molecule has 0 saturated carbocycles. The normalized spacial score (nSPS) is 10.7. The van der Waals surface area contributed by atoms with Gasteiger partial charge in [-0.25, -0.2) is 0 Å². The first kappa shape index (κ1) is 13.4. The van der Waals surface area contributed by atoms with Gasteiger partial charge in [-0.2, -0.15) is 0 Å². The molecule has 1 N–H and O–H groups in total. The van der Waals surface area contributed by atoms with E-state index in [9.17, 15) is 9.90 Å². The molecule has 0 aromatic heterocycles. The highest BCUT2D eigenvalue weighted by Gasteiger charge is 2.06. The zero-order chi connectivity index (χ0) is 14.7. The molecular weight excluding hydrogens is 260 g/mol. The highest BCUT2D eigenvalue weighted by atomic mass is 16.3. The van der Waals surface area contributed by atoms with Crippen LogP contribution in [-0.4, -0.2) is 5.11 Å². The molecule has 0 unspecified atom stereocenters. The van der Waals surface area contributed by atoms with Crippen LogP contribution in [0.2, 0.25) is 0 Å². The Labute approximate surface area is 123 Å². The summed E-state index contributed by atoms with van der Waals surface area (Å²) in [7, 11) is 0. The Morgan fingerprint density at radius 2 is 1.52 bits per heavy atom. The number of benzene rings is 2. The Morgan fingerprint density at radius 3 is 2.33 bits per heavy atom. The van der Waals surface area contributed by atoms with Crippen molar-refractivity contribution in [1.29, 1.82) is 0 Å². The number of hydrogen-bond donors (Lipinski definition) is 1. The van der Waals surface area contributed by atoms with Crippen molar-refractivity contribution in [2.45, 2.75) is 12.8 Å². The summed E-state index contributed by atoms with van der Waals surface area (Å²) in [5.41, 5.74) is 1.82. The van der Waals surface area contributed by atoms with E-state index in [1.165, 1.54) is 11.6 Å². The van der Waals surface area contributed by atoms with Crippen LogP contribution in [0.3, 0.4) is 0 Å². The molecule has 21 heavy (non-hydrogen) atoms. The third kappa shape index (κ3) is 2.95. The van der Waals surface area contributed by atoms with Crippen molar-refractivity contribution < 1.29 is 5.11 Å². The van der Waals surface area contributed by atoms with Crippen molar-refractivity contribution in [3.63, 3.8) is 0 Å². The maximum absolute atomic E-state index is 12.0. The molecule has 2 heteroatoms. The van der Waals surface area contributed by atoms with Gasteiger partial charge in [-0.15, -0.1) is 0 Å².